The van der Waals surface area contributed by atoms with E-state index in [1.165, 1.54) is 12.3 Å². The molecule has 38 heavy (non-hydrogen) atoms. The summed E-state index contributed by atoms with van der Waals surface area (Å²) in [6.45, 7) is 0. The first-order valence-electron chi connectivity index (χ1n) is 9.93. The molecule has 2 aromatic carbocycles. The highest BCUT2D eigenvalue weighted by atomic mass is 32.2. The maximum Gasteiger partial charge on any atom is 0.343 e. The topological polar surface area (TPSA) is 288 Å². The van der Waals surface area contributed by atoms with Crippen LogP contribution in [0.25, 0.3) is 22.6 Å². The van der Waals surface area contributed by atoms with Crippen molar-refractivity contribution in [2.75, 3.05) is 0 Å². The van der Waals surface area contributed by atoms with Crippen LogP contribution >= 0.6 is 0 Å². The number of nitrogens with zero attached hydrogens (tertiary/aromatic N) is 2. The van der Waals surface area contributed by atoms with Crippen LogP contribution in [0, 0.1) is 11.5 Å². The van der Waals surface area contributed by atoms with Crippen molar-refractivity contribution in [2.45, 2.75) is 9.79 Å². The molecule has 18 heteroatoms. The van der Waals surface area contributed by atoms with Crippen molar-refractivity contribution in [3.05, 3.63) is 91.0 Å². The van der Waals surface area contributed by atoms with Crippen LogP contribution in [-0.2, 0) is 20.2 Å². The molecular weight excluding hydrogens is 546 g/mol. The van der Waals surface area contributed by atoms with E-state index in [-0.39, 0.29) is 28.1 Å². The standard InChI is InChI=1S/C14H14N2O6S2.C6H3N5O3/c15-12(9-5-2-1-3-6-9)13(16)10-7-4-8-11(23(17,18)19)14(10)24(20,21)22;7-1-11-4(12)2-3(10-6(11)14)9-5(13)8-2/h1-8H,15-16H2,(H,17,18,19)(H,20,21,22);(H,10,14)(H2,8,9,13). The van der Waals surface area contributed by atoms with Crippen LogP contribution in [0.5, 0.6) is 0 Å². The molecule has 0 fully saturated rings. The molecule has 4 aromatic rings. The number of aromatic nitrogens is 4. The van der Waals surface area contributed by atoms with E-state index in [2.05, 4.69) is 15.0 Å². The fraction of sp³-hybridized carbons (Fsp3) is 0. The Morgan fingerprint density at radius 2 is 1.47 bits per heavy atom. The lowest BCUT2D eigenvalue weighted by Crippen LogP contribution is -2.32. The zero-order valence-corrected chi connectivity index (χ0v) is 20.4. The van der Waals surface area contributed by atoms with Crippen molar-refractivity contribution < 1.29 is 25.9 Å². The molecule has 0 unspecified atom stereocenters. The molecule has 2 heterocycles. The monoisotopic (exact) mass is 563 g/mol. The third-order valence-electron chi connectivity index (χ3n) is 4.86. The quantitative estimate of drug-likeness (QED) is 0.116. The average Bonchev–Trinajstić information content (AvgIpc) is 3.23. The molecule has 0 radical (unpaired) electrons. The number of benzene rings is 2. The summed E-state index contributed by atoms with van der Waals surface area (Å²) in [7, 11) is -9.94. The van der Waals surface area contributed by atoms with E-state index in [1.807, 2.05) is 0 Å². The van der Waals surface area contributed by atoms with Crippen molar-refractivity contribution in [3.63, 3.8) is 0 Å². The molecule has 0 spiro atoms. The van der Waals surface area contributed by atoms with Gasteiger partial charge in [-0.3, -0.25) is 28.9 Å². The third-order valence-corrected chi connectivity index (χ3v) is 6.84. The Morgan fingerprint density at radius 3 is 2.03 bits per heavy atom. The van der Waals surface area contributed by atoms with Gasteiger partial charge in [0.05, 0.1) is 11.4 Å². The second-order valence-corrected chi connectivity index (χ2v) is 10.0. The zero-order chi connectivity index (χ0) is 28.4. The molecule has 2 aromatic heterocycles. The summed E-state index contributed by atoms with van der Waals surface area (Å²) in [6.07, 6.45) is 1.39. The van der Waals surface area contributed by atoms with Gasteiger partial charge in [-0.1, -0.05) is 42.5 Å². The normalized spacial score (nSPS) is 12.2. The Bertz CT molecular complexity index is 2010. The van der Waals surface area contributed by atoms with Gasteiger partial charge in [-0.25, -0.2) is 9.59 Å². The van der Waals surface area contributed by atoms with Gasteiger partial charge in [-0.15, -0.1) is 0 Å². The highest BCUT2D eigenvalue weighted by molar-refractivity contribution is 7.89. The Labute approximate surface area is 212 Å². The average molecular weight is 564 g/mol. The fourth-order valence-electron chi connectivity index (χ4n) is 3.21. The molecule has 0 aliphatic rings. The number of fused-ring (bicyclic) bond motifs is 1. The number of H-pyrrole nitrogens is 3. The van der Waals surface area contributed by atoms with E-state index in [0.717, 1.165) is 12.1 Å². The summed E-state index contributed by atoms with van der Waals surface area (Å²) in [4.78, 5) is 37.7. The van der Waals surface area contributed by atoms with Gasteiger partial charge in [0, 0.05) is 5.56 Å². The lowest BCUT2D eigenvalue weighted by atomic mass is 10.1. The van der Waals surface area contributed by atoms with E-state index in [0.29, 0.717) is 10.1 Å². The molecule has 0 amide bonds. The minimum atomic E-state index is -5.02. The highest BCUT2D eigenvalue weighted by Gasteiger charge is 2.28. The van der Waals surface area contributed by atoms with Gasteiger partial charge in [0.15, 0.2) is 11.7 Å². The molecule has 4 rings (SSSR count). The van der Waals surface area contributed by atoms with Crippen LogP contribution in [0.15, 0.2) is 72.7 Å². The minimum Gasteiger partial charge on any atom is -0.397 e. The Hall–Kier alpha value is -4.96. The molecule has 0 saturated carbocycles. The van der Waals surface area contributed by atoms with E-state index in [9.17, 15) is 40.3 Å². The predicted molar refractivity (Wildman–Crippen MR) is 133 cm³/mol. The van der Waals surface area contributed by atoms with Crippen molar-refractivity contribution in [3.8, 4) is 6.19 Å². The summed E-state index contributed by atoms with van der Waals surface area (Å²) < 4.78 is 65.0. The lowest BCUT2D eigenvalue weighted by Gasteiger charge is -2.13. The van der Waals surface area contributed by atoms with Crippen LogP contribution in [0.3, 0.4) is 0 Å². The Morgan fingerprint density at radius 1 is 0.842 bits per heavy atom. The van der Waals surface area contributed by atoms with Gasteiger partial charge in [-0.2, -0.15) is 26.7 Å². The number of aromatic amines is 3. The summed E-state index contributed by atoms with van der Waals surface area (Å²) in [5.74, 6) is 0. The van der Waals surface area contributed by atoms with Crippen LogP contribution in [0.4, 0.5) is 0 Å². The lowest BCUT2D eigenvalue weighted by molar-refractivity contribution is 0.466. The first-order chi connectivity index (χ1) is 17.7. The number of hydrogen-bond donors (Lipinski definition) is 7. The maximum atomic E-state index is 11.6. The molecule has 198 valence electrons. The molecule has 0 aliphatic heterocycles. The summed E-state index contributed by atoms with van der Waals surface area (Å²) in [5.41, 5.74) is 9.12. The largest absolute Gasteiger partial charge is 0.397 e. The molecule has 0 atom stereocenters. The zero-order valence-electron chi connectivity index (χ0n) is 18.7. The summed E-state index contributed by atoms with van der Waals surface area (Å²) >= 11 is 0. The number of nitrogens with one attached hydrogen (secondary N) is 3. The number of imidazole rings is 1. The van der Waals surface area contributed by atoms with E-state index in [4.69, 9.17) is 16.7 Å². The molecule has 0 saturated heterocycles. The second kappa shape index (κ2) is 10.2. The minimum absolute atomic E-state index is 0.0171. The van der Waals surface area contributed by atoms with Crippen LogP contribution in [0.2, 0.25) is 0 Å². The summed E-state index contributed by atoms with van der Waals surface area (Å²) in [5, 5.41) is 8.46. The third kappa shape index (κ3) is 5.55. The van der Waals surface area contributed by atoms with Crippen molar-refractivity contribution in [1.82, 2.24) is 19.5 Å². The van der Waals surface area contributed by atoms with Gasteiger partial charge in [-0.05, 0) is 11.6 Å². The Balaban J connectivity index is 0.000000241. The van der Waals surface area contributed by atoms with Crippen molar-refractivity contribution in [2.24, 2.45) is 11.5 Å². The second-order valence-electron chi connectivity index (χ2n) is 7.28. The van der Waals surface area contributed by atoms with E-state index >= 15 is 0 Å². The highest BCUT2D eigenvalue weighted by Crippen LogP contribution is 2.30. The van der Waals surface area contributed by atoms with Gasteiger partial charge >= 0.3 is 11.4 Å². The van der Waals surface area contributed by atoms with Gasteiger partial charge in [0.25, 0.3) is 25.8 Å². The number of nitrogens with two attached hydrogens (primary N) is 2. The van der Waals surface area contributed by atoms with Crippen LogP contribution < -0.4 is 28.4 Å². The van der Waals surface area contributed by atoms with Crippen LogP contribution in [0.1, 0.15) is 11.1 Å². The number of rotatable bonds is 4. The first-order valence-corrected chi connectivity index (χ1v) is 12.8. The SMILES string of the molecule is N#Cn1c(=O)[nH]c2[nH]c(=O)[nH]c2c1=O.NC(=C(N)c1cccc(S(=O)(=O)O)c1S(=O)(=O)O)c1ccccc1. The number of nitriles is 1. The fourth-order valence-corrected chi connectivity index (χ4v) is 5.22. The van der Waals surface area contributed by atoms with Gasteiger partial charge < -0.3 is 11.5 Å². The molecule has 0 bridgehead atoms. The Kier molecular flexibility index (Phi) is 7.41. The molecule has 9 N–H and O–H groups in total. The van der Waals surface area contributed by atoms with Gasteiger partial charge in [0.1, 0.15) is 15.4 Å². The van der Waals surface area contributed by atoms with Gasteiger partial charge in [0.2, 0.25) is 0 Å². The van der Waals surface area contributed by atoms with Crippen molar-refractivity contribution >= 4 is 42.8 Å². The van der Waals surface area contributed by atoms with E-state index in [1.54, 1.807) is 30.3 Å². The molecule has 0 aliphatic carbocycles. The number of hydrogen-bond acceptors (Lipinski definition) is 10. The maximum absolute atomic E-state index is 11.6. The first kappa shape index (κ1) is 27.6. The summed E-state index contributed by atoms with van der Waals surface area (Å²) in [6, 6.07) is 11.5. The molecule has 16 nitrogen and oxygen atoms in total. The smallest absolute Gasteiger partial charge is 0.343 e. The predicted octanol–water partition coefficient (Wildman–Crippen LogP) is -1.04. The molecular formula is C20H17N7O9S2. The van der Waals surface area contributed by atoms with Crippen LogP contribution in [-0.4, -0.2) is 45.5 Å². The van der Waals surface area contributed by atoms with E-state index < -0.39 is 47.0 Å². The van der Waals surface area contributed by atoms with Crippen molar-refractivity contribution in [1.29, 1.82) is 5.26 Å².